The molecule has 2 aromatic rings. The van der Waals surface area contributed by atoms with Gasteiger partial charge in [-0.1, -0.05) is 18.5 Å². The summed E-state index contributed by atoms with van der Waals surface area (Å²) in [7, 11) is 0.713. The summed E-state index contributed by atoms with van der Waals surface area (Å²) >= 11 is 5.88. The van der Waals surface area contributed by atoms with Crippen molar-refractivity contribution >= 4 is 34.2 Å². The van der Waals surface area contributed by atoms with Crippen LogP contribution in [0.25, 0.3) is 0 Å². The number of anilines is 1. The van der Waals surface area contributed by atoms with Gasteiger partial charge in [0, 0.05) is 42.7 Å². The zero-order valence-corrected chi connectivity index (χ0v) is 18.7. The minimum absolute atomic E-state index is 0.0904. The maximum Gasteiger partial charge on any atom is 0.320 e. The molecule has 1 aliphatic rings. The number of nitrogens with one attached hydrogen (secondary N) is 2. The van der Waals surface area contributed by atoms with Crippen molar-refractivity contribution in [3.8, 4) is 0 Å². The molecule has 2 heterocycles. The Balaban J connectivity index is 1.40. The first-order valence-corrected chi connectivity index (χ1v) is 11.6. The molecule has 164 valence electrons. The van der Waals surface area contributed by atoms with Gasteiger partial charge in [-0.25, -0.2) is 4.79 Å². The van der Waals surface area contributed by atoms with E-state index in [1.54, 1.807) is 36.0 Å². The molecule has 30 heavy (non-hydrogen) atoms. The number of amides is 2. The number of aryl methyl sites for hydroxylation is 2. The molecule has 1 fully saturated rings. The molecule has 2 amide bonds. The van der Waals surface area contributed by atoms with Crippen molar-refractivity contribution in [2.24, 2.45) is 7.05 Å². The second kappa shape index (κ2) is 10.4. The van der Waals surface area contributed by atoms with E-state index in [9.17, 15) is 14.1 Å². The van der Waals surface area contributed by atoms with E-state index in [4.69, 9.17) is 11.6 Å². The molecule has 3 rings (SSSR count). The molecule has 0 radical (unpaired) electrons. The van der Waals surface area contributed by atoms with Crippen molar-refractivity contribution in [2.75, 3.05) is 31.6 Å². The van der Waals surface area contributed by atoms with Crippen molar-refractivity contribution in [3.05, 3.63) is 41.0 Å². The molecular formula is C20H28ClN5O3S. The van der Waals surface area contributed by atoms with Crippen LogP contribution in [0.4, 0.5) is 10.6 Å². The molecule has 0 bridgehead atoms. The molecule has 1 saturated heterocycles. The highest BCUT2D eigenvalue weighted by atomic mass is 35.5. The molecule has 3 N–H and O–H groups in total. The third-order valence-electron chi connectivity index (χ3n) is 5.16. The highest BCUT2D eigenvalue weighted by Crippen LogP contribution is 2.22. The van der Waals surface area contributed by atoms with Gasteiger partial charge in [0.2, 0.25) is 0 Å². The van der Waals surface area contributed by atoms with Crippen LogP contribution in [0.2, 0.25) is 5.02 Å². The van der Waals surface area contributed by atoms with E-state index in [0.717, 1.165) is 30.1 Å². The minimum atomic E-state index is -1.06. The van der Waals surface area contributed by atoms with Crippen LogP contribution in [0.1, 0.15) is 19.0 Å². The van der Waals surface area contributed by atoms with Crippen LogP contribution in [0.15, 0.2) is 35.2 Å². The zero-order valence-electron chi connectivity index (χ0n) is 17.2. The first-order chi connectivity index (χ1) is 14.4. The van der Waals surface area contributed by atoms with E-state index < -0.39 is 10.8 Å². The maximum atomic E-state index is 12.6. The molecule has 8 nitrogen and oxygen atoms in total. The number of rotatable bonds is 9. The number of nitrogens with zero attached hydrogens (tertiary/aromatic N) is 3. The van der Waals surface area contributed by atoms with E-state index in [-0.39, 0.29) is 23.9 Å². The molecule has 2 atom stereocenters. The molecule has 0 spiro atoms. The quantitative estimate of drug-likeness (QED) is 0.539. The van der Waals surface area contributed by atoms with Crippen molar-refractivity contribution in [1.29, 1.82) is 0 Å². The minimum Gasteiger partial charge on any atom is -0.394 e. The normalized spacial score (nSPS) is 16.7. The van der Waals surface area contributed by atoms with Gasteiger partial charge in [-0.3, -0.25) is 14.2 Å². The van der Waals surface area contributed by atoms with Crippen molar-refractivity contribution in [3.63, 3.8) is 0 Å². The Hall–Kier alpha value is -1.94. The van der Waals surface area contributed by atoms with E-state index in [1.165, 1.54) is 0 Å². The smallest absolute Gasteiger partial charge is 0.320 e. The number of aromatic nitrogens is 2. The summed E-state index contributed by atoms with van der Waals surface area (Å²) < 4.78 is 14.2. The standard InChI is InChI=1S/C20H28ClN5O3S/c1-3-15-10-19(25(2)24-15)23-20(28)22-16(13-27)8-9-26-11-18(12-26)30(29)17-6-4-14(21)5-7-17/h4-7,10,16,18,27H,3,8-9,11-13H2,1-2H3,(H2,22,23,28). The van der Waals surface area contributed by atoms with Crippen LogP contribution in [0.5, 0.6) is 0 Å². The Morgan fingerprint density at radius 2 is 2.07 bits per heavy atom. The molecule has 1 aromatic carbocycles. The molecule has 1 aromatic heterocycles. The Morgan fingerprint density at radius 3 is 2.67 bits per heavy atom. The van der Waals surface area contributed by atoms with Crippen LogP contribution >= 0.6 is 11.6 Å². The van der Waals surface area contributed by atoms with Gasteiger partial charge in [-0.05, 0) is 37.1 Å². The van der Waals surface area contributed by atoms with E-state index >= 15 is 0 Å². The number of likely N-dealkylation sites (tertiary alicyclic amines) is 1. The second-order valence-corrected chi connectivity index (χ2v) is 9.57. The fourth-order valence-electron chi connectivity index (χ4n) is 3.30. The van der Waals surface area contributed by atoms with Gasteiger partial charge in [0.05, 0.1) is 34.4 Å². The number of halogens is 1. The van der Waals surface area contributed by atoms with E-state index in [0.29, 0.717) is 23.8 Å². The number of carbonyl (C=O) groups is 1. The first kappa shape index (κ1) is 22.7. The monoisotopic (exact) mass is 453 g/mol. The predicted molar refractivity (Wildman–Crippen MR) is 118 cm³/mol. The number of aliphatic hydroxyl groups is 1. The lowest BCUT2D eigenvalue weighted by Crippen LogP contribution is -2.54. The Morgan fingerprint density at radius 1 is 1.37 bits per heavy atom. The number of hydrogen-bond acceptors (Lipinski definition) is 5. The van der Waals surface area contributed by atoms with Crippen LogP contribution in [0, 0.1) is 0 Å². The lowest BCUT2D eigenvalue weighted by molar-refractivity contribution is 0.162. The highest BCUT2D eigenvalue weighted by Gasteiger charge is 2.32. The summed E-state index contributed by atoms with van der Waals surface area (Å²) in [4.78, 5) is 15.2. The molecular weight excluding hydrogens is 426 g/mol. The van der Waals surface area contributed by atoms with Gasteiger partial charge < -0.3 is 15.3 Å². The SMILES string of the molecule is CCc1cc(NC(=O)NC(CO)CCN2CC(S(=O)c3ccc(Cl)cc3)C2)n(C)n1. The van der Waals surface area contributed by atoms with Gasteiger partial charge in [0.15, 0.2) is 0 Å². The molecule has 1 aliphatic heterocycles. The number of benzene rings is 1. The summed E-state index contributed by atoms with van der Waals surface area (Å²) in [5, 5.41) is 20.2. The van der Waals surface area contributed by atoms with Gasteiger partial charge >= 0.3 is 6.03 Å². The summed E-state index contributed by atoms with van der Waals surface area (Å²) in [5.41, 5.74) is 0.898. The lowest BCUT2D eigenvalue weighted by Gasteiger charge is -2.39. The zero-order chi connectivity index (χ0) is 21.7. The molecule has 10 heteroatoms. The predicted octanol–water partition coefficient (Wildman–Crippen LogP) is 2.00. The average Bonchev–Trinajstić information content (AvgIpc) is 3.05. The highest BCUT2D eigenvalue weighted by molar-refractivity contribution is 7.85. The largest absolute Gasteiger partial charge is 0.394 e. The Kier molecular flexibility index (Phi) is 7.87. The Labute approximate surface area is 184 Å². The van der Waals surface area contributed by atoms with Crippen LogP contribution in [-0.2, 0) is 24.3 Å². The first-order valence-electron chi connectivity index (χ1n) is 9.99. The van der Waals surface area contributed by atoms with E-state index in [1.807, 2.05) is 13.0 Å². The molecule has 2 unspecified atom stereocenters. The maximum absolute atomic E-state index is 12.6. The van der Waals surface area contributed by atoms with Crippen LogP contribution in [-0.4, -0.2) is 67.6 Å². The van der Waals surface area contributed by atoms with Crippen molar-refractivity contribution in [1.82, 2.24) is 20.0 Å². The van der Waals surface area contributed by atoms with Crippen LogP contribution in [0.3, 0.4) is 0 Å². The number of urea groups is 1. The Bertz CT molecular complexity index is 883. The van der Waals surface area contributed by atoms with Crippen molar-refractivity contribution < 1.29 is 14.1 Å². The van der Waals surface area contributed by atoms with Gasteiger partial charge in [0.25, 0.3) is 0 Å². The van der Waals surface area contributed by atoms with Gasteiger partial charge in [-0.2, -0.15) is 5.10 Å². The van der Waals surface area contributed by atoms with Crippen LogP contribution < -0.4 is 10.6 Å². The summed E-state index contributed by atoms with van der Waals surface area (Å²) in [5.74, 6) is 0.608. The lowest BCUT2D eigenvalue weighted by atomic mass is 10.1. The summed E-state index contributed by atoms with van der Waals surface area (Å²) in [6.07, 6.45) is 1.39. The topological polar surface area (TPSA) is 99.5 Å². The van der Waals surface area contributed by atoms with Crippen molar-refractivity contribution in [2.45, 2.75) is 36.0 Å². The summed E-state index contributed by atoms with van der Waals surface area (Å²) in [6, 6.07) is 8.21. The second-order valence-electron chi connectivity index (χ2n) is 7.40. The summed E-state index contributed by atoms with van der Waals surface area (Å²) in [6.45, 7) is 4.03. The fraction of sp³-hybridized carbons (Fsp3) is 0.500. The van der Waals surface area contributed by atoms with Gasteiger partial charge in [0.1, 0.15) is 5.82 Å². The number of hydrogen-bond donors (Lipinski definition) is 3. The third kappa shape index (κ3) is 5.81. The van der Waals surface area contributed by atoms with E-state index in [2.05, 4.69) is 20.6 Å². The number of aliphatic hydroxyl groups excluding tert-OH is 1. The number of carbonyl (C=O) groups excluding carboxylic acids is 1. The third-order valence-corrected chi connectivity index (χ3v) is 7.05. The molecule has 0 saturated carbocycles. The average molecular weight is 454 g/mol. The fourth-order valence-corrected chi connectivity index (χ4v) is 4.91. The van der Waals surface area contributed by atoms with Gasteiger partial charge in [-0.15, -0.1) is 0 Å². The molecule has 0 aliphatic carbocycles.